The van der Waals surface area contributed by atoms with Crippen molar-refractivity contribution in [2.75, 3.05) is 6.61 Å². The molecule has 1 heteroatoms. The molecule has 0 saturated heterocycles. The molecule has 0 heterocycles. The van der Waals surface area contributed by atoms with E-state index in [-0.39, 0.29) is 0 Å². The number of unbranched alkanes of at least 4 members (excludes halogenated alkanes) is 8. The highest BCUT2D eigenvalue weighted by Gasteiger charge is 1.87. The van der Waals surface area contributed by atoms with Gasteiger partial charge in [0.1, 0.15) is 0 Å². The minimum atomic E-state index is 0.348. The summed E-state index contributed by atoms with van der Waals surface area (Å²) in [6, 6.07) is 0. The van der Waals surface area contributed by atoms with E-state index in [2.05, 4.69) is 19.1 Å². The first-order chi connectivity index (χ1) is 7.41. The average molecular weight is 212 g/mol. The first-order valence-electron chi connectivity index (χ1n) is 6.67. The van der Waals surface area contributed by atoms with Crippen LogP contribution in [0.15, 0.2) is 12.2 Å². The van der Waals surface area contributed by atoms with Gasteiger partial charge in [0, 0.05) is 6.61 Å². The van der Waals surface area contributed by atoms with Crippen molar-refractivity contribution in [2.24, 2.45) is 0 Å². The molecule has 0 aliphatic carbocycles. The lowest BCUT2D eigenvalue weighted by Crippen LogP contribution is -1.81. The molecule has 0 saturated carbocycles. The predicted molar refractivity (Wildman–Crippen MR) is 68.1 cm³/mol. The summed E-state index contributed by atoms with van der Waals surface area (Å²) in [5, 5.41) is 8.59. The molecule has 1 N–H and O–H groups in total. The fraction of sp³-hybridized carbons (Fsp3) is 0.857. The Kier molecular flexibility index (Phi) is 13.4. The number of rotatable bonds is 11. The van der Waals surface area contributed by atoms with Crippen LogP contribution in [0.1, 0.15) is 71.1 Å². The maximum absolute atomic E-state index is 8.59. The molecule has 0 aromatic carbocycles. The molecule has 0 bridgehead atoms. The van der Waals surface area contributed by atoms with Gasteiger partial charge in [-0.3, -0.25) is 0 Å². The fourth-order valence-electron chi connectivity index (χ4n) is 1.65. The highest BCUT2D eigenvalue weighted by molar-refractivity contribution is 4.81. The van der Waals surface area contributed by atoms with Crippen molar-refractivity contribution in [1.82, 2.24) is 0 Å². The summed E-state index contributed by atoms with van der Waals surface area (Å²) >= 11 is 0. The molecule has 15 heavy (non-hydrogen) atoms. The van der Waals surface area contributed by atoms with Crippen molar-refractivity contribution in [1.29, 1.82) is 0 Å². The lowest BCUT2D eigenvalue weighted by Gasteiger charge is -1.96. The molecule has 0 radical (unpaired) electrons. The van der Waals surface area contributed by atoms with Crippen molar-refractivity contribution >= 4 is 0 Å². The monoisotopic (exact) mass is 212 g/mol. The third-order valence-electron chi connectivity index (χ3n) is 2.67. The van der Waals surface area contributed by atoms with Gasteiger partial charge in [0.15, 0.2) is 0 Å². The van der Waals surface area contributed by atoms with Gasteiger partial charge in [-0.1, -0.05) is 51.2 Å². The fourth-order valence-corrected chi connectivity index (χ4v) is 1.65. The number of aliphatic hydroxyl groups is 1. The molecular formula is C14H28O. The van der Waals surface area contributed by atoms with Crippen molar-refractivity contribution in [2.45, 2.75) is 71.1 Å². The summed E-state index contributed by atoms with van der Waals surface area (Å²) in [4.78, 5) is 0. The van der Waals surface area contributed by atoms with Gasteiger partial charge in [0.25, 0.3) is 0 Å². The van der Waals surface area contributed by atoms with E-state index in [0.717, 1.165) is 12.8 Å². The second kappa shape index (κ2) is 13.7. The van der Waals surface area contributed by atoms with Gasteiger partial charge in [-0.2, -0.15) is 0 Å². The van der Waals surface area contributed by atoms with Crippen LogP contribution in [0.25, 0.3) is 0 Å². The summed E-state index contributed by atoms with van der Waals surface area (Å²) in [7, 11) is 0. The van der Waals surface area contributed by atoms with Gasteiger partial charge in [-0.05, 0) is 32.1 Å². The van der Waals surface area contributed by atoms with Crippen molar-refractivity contribution < 1.29 is 5.11 Å². The second-order valence-electron chi connectivity index (χ2n) is 4.25. The highest BCUT2D eigenvalue weighted by atomic mass is 16.2. The average Bonchev–Trinajstić information content (AvgIpc) is 2.26. The Hall–Kier alpha value is -0.300. The Balaban J connectivity index is 2.97. The predicted octanol–water partition coefficient (Wildman–Crippen LogP) is 4.46. The normalized spacial score (nSPS) is 11.3. The molecule has 0 fully saturated rings. The van der Waals surface area contributed by atoms with E-state index < -0.39 is 0 Å². The minimum Gasteiger partial charge on any atom is -0.396 e. The zero-order valence-corrected chi connectivity index (χ0v) is 10.4. The first-order valence-corrected chi connectivity index (χ1v) is 6.67. The van der Waals surface area contributed by atoms with Gasteiger partial charge in [-0.25, -0.2) is 0 Å². The zero-order valence-electron chi connectivity index (χ0n) is 10.4. The molecule has 0 aliphatic rings. The Morgan fingerprint density at radius 2 is 1.27 bits per heavy atom. The number of allylic oxidation sites excluding steroid dienone is 2. The molecule has 1 nitrogen and oxygen atoms in total. The molecule has 0 spiro atoms. The zero-order chi connectivity index (χ0) is 11.2. The molecule has 0 aliphatic heterocycles. The summed E-state index contributed by atoms with van der Waals surface area (Å²) in [5.41, 5.74) is 0. The molecule has 0 unspecified atom stereocenters. The van der Waals surface area contributed by atoms with Crippen LogP contribution in [0.2, 0.25) is 0 Å². The van der Waals surface area contributed by atoms with Gasteiger partial charge < -0.3 is 5.11 Å². The molecular weight excluding hydrogens is 184 g/mol. The molecule has 0 aromatic heterocycles. The van der Waals surface area contributed by atoms with E-state index in [1.54, 1.807) is 0 Å². The summed E-state index contributed by atoms with van der Waals surface area (Å²) < 4.78 is 0. The van der Waals surface area contributed by atoms with E-state index >= 15 is 0 Å². The van der Waals surface area contributed by atoms with Crippen LogP contribution in [0, 0.1) is 0 Å². The van der Waals surface area contributed by atoms with Gasteiger partial charge in [0.05, 0.1) is 0 Å². The molecule has 0 rings (SSSR count). The van der Waals surface area contributed by atoms with Crippen molar-refractivity contribution in [3.8, 4) is 0 Å². The standard InChI is InChI=1S/C14H28O/c1-2-3-4-5-6-7-8-9-10-11-12-13-14-15/h8-9,15H,2-7,10-14H2,1H3. The maximum atomic E-state index is 8.59. The third kappa shape index (κ3) is 13.7. The molecule has 90 valence electrons. The molecule has 0 amide bonds. The van der Waals surface area contributed by atoms with Crippen LogP contribution in [-0.2, 0) is 0 Å². The molecule has 0 atom stereocenters. The summed E-state index contributed by atoms with van der Waals surface area (Å²) in [6.07, 6.45) is 17.3. The van der Waals surface area contributed by atoms with E-state index in [9.17, 15) is 0 Å². The van der Waals surface area contributed by atoms with Crippen LogP contribution < -0.4 is 0 Å². The maximum Gasteiger partial charge on any atom is 0.0431 e. The van der Waals surface area contributed by atoms with Crippen LogP contribution in [0.3, 0.4) is 0 Å². The lowest BCUT2D eigenvalue weighted by atomic mass is 10.1. The number of aliphatic hydroxyl groups excluding tert-OH is 1. The number of hydrogen-bond acceptors (Lipinski definition) is 1. The largest absolute Gasteiger partial charge is 0.396 e. The molecule has 0 aromatic rings. The van der Waals surface area contributed by atoms with E-state index in [4.69, 9.17) is 5.11 Å². The SMILES string of the molecule is CCCCCCCC=CCCCCCO. The van der Waals surface area contributed by atoms with Crippen LogP contribution in [0.5, 0.6) is 0 Å². The topological polar surface area (TPSA) is 20.2 Å². The van der Waals surface area contributed by atoms with Gasteiger partial charge >= 0.3 is 0 Å². The quantitative estimate of drug-likeness (QED) is 0.396. The van der Waals surface area contributed by atoms with Gasteiger partial charge in [0.2, 0.25) is 0 Å². The first kappa shape index (κ1) is 14.7. The van der Waals surface area contributed by atoms with Crippen LogP contribution in [-0.4, -0.2) is 11.7 Å². The van der Waals surface area contributed by atoms with Gasteiger partial charge in [-0.15, -0.1) is 0 Å². The lowest BCUT2D eigenvalue weighted by molar-refractivity contribution is 0.283. The Morgan fingerprint density at radius 1 is 0.733 bits per heavy atom. The van der Waals surface area contributed by atoms with Crippen LogP contribution >= 0.6 is 0 Å². The van der Waals surface area contributed by atoms with Crippen LogP contribution in [0.4, 0.5) is 0 Å². The summed E-state index contributed by atoms with van der Waals surface area (Å²) in [6.45, 7) is 2.60. The smallest absolute Gasteiger partial charge is 0.0431 e. The second-order valence-corrected chi connectivity index (χ2v) is 4.25. The van der Waals surface area contributed by atoms with E-state index in [1.165, 1.54) is 51.4 Å². The van der Waals surface area contributed by atoms with Crippen molar-refractivity contribution in [3.63, 3.8) is 0 Å². The van der Waals surface area contributed by atoms with E-state index in [1.807, 2.05) is 0 Å². The Bertz CT molecular complexity index is 129. The Morgan fingerprint density at radius 3 is 1.80 bits per heavy atom. The minimum absolute atomic E-state index is 0.348. The summed E-state index contributed by atoms with van der Waals surface area (Å²) in [5.74, 6) is 0. The van der Waals surface area contributed by atoms with Crippen molar-refractivity contribution in [3.05, 3.63) is 12.2 Å². The Labute approximate surface area is 95.6 Å². The third-order valence-corrected chi connectivity index (χ3v) is 2.67. The highest BCUT2D eigenvalue weighted by Crippen LogP contribution is 2.06. The number of hydrogen-bond donors (Lipinski definition) is 1. The van der Waals surface area contributed by atoms with E-state index in [0.29, 0.717) is 6.61 Å².